The minimum absolute atomic E-state index is 0.238. The lowest BCUT2D eigenvalue weighted by atomic mass is 10.0. The van der Waals surface area contributed by atoms with Crippen molar-refractivity contribution in [1.82, 2.24) is 10.3 Å². The third-order valence-corrected chi connectivity index (χ3v) is 5.67. The summed E-state index contributed by atoms with van der Waals surface area (Å²) in [5.41, 5.74) is 5.00. The van der Waals surface area contributed by atoms with Gasteiger partial charge in [0.15, 0.2) is 0 Å². The first-order chi connectivity index (χ1) is 16.5. The molecule has 0 unspecified atom stereocenters. The zero-order valence-corrected chi connectivity index (χ0v) is 21.5. The molecule has 0 spiro atoms. The van der Waals surface area contributed by atoms with Gasteiger partial charge < -0.3 is 15.0 Å². The van der Waals surface area contributed by atoms with Crippen molar-refractivity contribution in [1.29, 1.82) is 0 Å². The number of hydrogen-bond acceptors (Lipinski definition) is 4. The van der Waals surface area contributed by atoms with Crippen LogP contribution < -0.4 is 10.2 Å². The van der Waals surface area contributed by atoms with Crippen molar-refractivity contribution in [3.63, 3.8) is 0 Å². The minimum atomic E-state index is -0.904. The highest BCUT2D eigenvalue weighted by Crippen LogP contribution is 2.25. The molecule has 35 heavy (non-hydrogen) atoms. The molecule has 6 nitrogen and oxygen atoms in total. The second kappa shape index (κ2) is 11.2. The number of anilines is 1. The molecule has 6 heteroatoms. The highest BCUT2D eigenvalue weighted by molar-refractivity contribution is 5.99. The Labute approximate surface area is 208 Å². The number of aryl methyl sites for hydroxylation is 3. The van der Waals surface area contributed by atoms with Crippen LogP contribution in [-0.2, 0) is 16.0 Å². The van der Waals surface area contributed by atoms with E-state index in [-0.39, 0.29) is 5.91 Å². The second-order valence-electron chi connectivity index (χ2n) is 9.83. The van der Waals surface area contributed by atoms with Crippen LogP contribution in [0.1, 0.15) is 54.8 Å². The minimum Gasteiger partial charge on any atom is -0.444 e. The molecular formula is C29H35N3O3. The Balaban J connectivity index is 1.96. The van der Waals surface area contributed by atoms with Gasteiger partial charge in [-0.1, -0.05) is 42.5 Å². The summed E-state index contributed by atoms with van der Waals surface area (Å²) in [5.74, 6) is -0.238. The number of carbonyl (C=O) groups excluding carboxylic acids is 2. The van der Waals surface area contributed by atoms with E-state index in [4.69, 9.17) is 4.74 Å². The average Bonchev–Trinajstić information content (AvgIpc) is 2.80. The van der Waals surface area contributed by atoms with Gasteiger partial charge in [-0.2, -0.15) is 0 Å². The molecule has 1 atom stereocenters. The quantitative estimate of drug-likeness (QED) is 0.467. The number of pyridine rings is 1. The number of nitrogens with one attached hydrogen (secondary N) is 1. The fourth-order valence-corrected chi connectivity index (χ4v) is 3.65. The van der Waals surface area contributed by atoms with E-state index in [0.29, 0.717) is 18.5 Å². The SMILES string of the molecule is Cc1ccc(CCN(C(=O)[C@@H](NC(=O)OC(C)(C)C)c2ccccc2)c2ccc(C)c(C)c2)nc1. The van der Waals surface area contributed by atoms with Crippen molar-refractivity contribution in [2.45, 2.75) is 59.6 Å². The lowest BCUT2D eigenvalue weighted by Crippen LogP contribution is -2.45. The Morgan fingerprint density at radius 2 is 1.69 bits per heavy atom. The number of ether oxygens (including phenoxy) is 1. The number of benzene rings is 2. The number of alkyl carbamates (subject to hydrolysis) is 1. The lowest BCUT2D eigenvalue weighted by molar-refractivity contribution is -0.120. The molecule has 0 radical (unpaired) electrons. The molecule has 1 N–H and O–H groups in total. The monoisotopic (exact) mass is 473 g/mol. The molecule has 3 rings (SSSR count). The van der Waals surface area contributed by atoms with Crippen molar-refractivity contribution in [2.75, 3.05) is 11.4 Å². The zero-order valence-electron chi connectivity index (χ0n) is 21.5. The Morgan fingerprint density at radius 1 is 0.971 bits per heavy atom. The van der Waals surface area contributed by atoms with E-state index in [9.17, 15) is 9.59 Å². The normalized spacial score (nSPS) is 12.1. The van der Waals surface area contributed by atoms with Crippen LogP contribution in [0, 0.1) is 20.8 Å². The smallest absolute Gasteiger partial charge is 0.408 e. The Hall–Kier alpha value is -3.67. The van der Waals surface area contributed by atoms with E-state index in [0.717, 1.165) is 28.1 Å². The maximum atomic E-state index is 14.1. The predicted octanol–water partition coefficient (Wildman–Crippen LogP) is 5.85. The van der Waals surface area contributed by atoms with Crippen molar-refractivity contribution >= 4 is 17.7 Å². The topological polar surface area (TPSA) is 71.5 Å². The third-order valence-electron chi connectivity index (χ3n) is 5.67. The average molecular weight is 474 g/mol. The van der Waals surface area contributed by atoms with Crippen LogP contribution in [0.3, 0.4) is 0 Å². The fraction of sp³-hybridized carbons (Fsp3) is 0.345. The first-order valence-electron chi connectivity index (χ1n) is 11.9. The summed E-state index contributed by atoms with van der Waals surface area (Å²) < 4.78 is 5.47. The van der Waals surface area contributed by atoms with E-state index in [1.807, 2.05) is 87.6 Å². The Kier molecular flexibility index (Phi) is 8.28. The van der Waals surface area contributed by atoms with Crippen molar-refractivity contribution in [2.24, 2.45) is 0 Å². The molecule has 184 valence electrons. The van der Waals surface area contributed by atoms with E-state index in [1.54, 1.807) is 25.7 Å². The molecule has 0 aliphatic heterocycles. The van der Waals surface area contributed by atoms with Crippen LogP contribution in [0.4, 0.5) is 10.5 Å². The van der Waals surface area contributed by atoms with Gasteiger partial charge in [-0.3, -0.25) is 9.78 Å². The number of aromatic nitrogens is 1. The lowest BCUT2D eigenvalue weighted by Gasteiger charge is -2.29. The van der Waals surface area contributed by atoms with Crippen molar-refractivity contribution in [3.05, 3.63) is 94.8 Å². The summed E-state index contributed by atoms with van der Waals surface area (Å²) >= 11 is 0. The second-order valence-corrected chi connectivity index (χ2v) is 9.83. The van der Waals surface area contributed by atoms with Crippen LogP contribution in [0.5, 0.6) is 0 Å². The maximum Gasteiger partial charge on any atom is 0.408 e. The van der Waals surface area contributed by atoms with Gasteiger partial charge in [0.1, 0.15) is 11.6 Å². The van der Waals surface area contributed by atoms with E-state index < -0.39 is 17.7 Å². The predicted molar refractivity (Wildman–Crippen MR) is 139 cm³/mol. The van der Waals surface area contributed by atoms with E-state index in [2.05, 4.69) is 10.3 Å². The van der Waals surface area contributed by atoms with Gasteiger partial charge in [0.05, 0.1) is 0 Å². The molecule has 3 aromatic rings. The molecule has 1 heterocycles. The van der Waals surface area contributed by atoms with Crippen LogP contribution in [-0.4, -0.2) is 29.1 Å². The standard InChI is InChI=1S/C29H35N3O3/c1-20-12-14-24(30-19-20)16-17-32(25-15-13-21(2)22(3)18-25)27(33)26(23-10-8-7-9-11-23)31-28(34)35-29(4,5)6/h7-15,18-19,26H,16-17H2,1-6H3,(H,31,34)/t26-/m0/s1. The number of rotatable bonds is 7. The summed E-state index contributed by atoms with van der Waals surface area (Å²) in [6, 6.07) is 18.3. The number of amides is 2. The molecule has 2 amide bonds. The first kappa shape index (κ1) is 25.9. The van der Waals surface area contributed by atoms with E-state index >= 15 is 0 Å². The van der Waals surface area contributed by atoms with Gasteiger partial charge in [0.2, 0.25) is 0 Å². The summed E-state index contributed by atoms with van der Waals surface area (Å²) in [5, 5.41) is 2.80. The van der Waals surface area contributed by atoms with Crippen LogP contribution >= 0.6 is 0 Å². The van der Waals surface area contributed by atoms with Crippen LogP contribution in [0.25, 0.3) is 0 Å². The highest BCUT2D eigenvalue weighted by atomic mass is 16.6. The molecule has 0 saturated carbocycles. The van der Waals surface area contributed by atoms with Gasteiger partial charge in [0, 0.05) is 30.5 Å². The summed E-state index contributed by atoms with van der Waals surface area (Å²) in [6.07, 6.45) is 1.77. The summed E-state index contributed by atoms with van der Waals surface area (Å²) in [4.78, 5) is 33.0. The first-order valence-corrected chi connectivity index (χ1v) is 11.9. The molecule has 0 saturated heterocycles. The number of carbonyl (C=O) groups is 2. The largest absolute Gasteiger partial charge is 0.444 e. The van der Waals surface area contributed by atoms with Crippen molar-refractivity contribution < 1.29 is 14.3 Å². The summed E-state index contributed by atoms with van der Waals surface area (Å²) in [6.45, 7) is 11.9. The van der Waals surface area contributed by atoms with Gasteiger partial charge in [0.25, 0.3) is 5.91 Å². The fourth-order valence-electron chi connectivity index (χ4n) is 3.65. The zero-order chi connectivity index (χ0) is 25.6. The molecule has 0 bridgehead atoms. The molecule has 0 aliphatic carbocycles. The van der Waals surface area contributed by atoms with Crippen LogP contribution in [0.2, 0.25) is 0 Å². The molecule has 1 aromatic heterocycles. The molecule has 0 aliphatic rings. The van der Waals surface area contributed by atoms with Crippen molar-refractivity contribution in [3.8, 4) is 0 Å². The molecule has 0 fully saturated rings. The maximum absolute atomic E-state index is 14.1. The van der Waals surface area contributed by atoms with E-state index in [1.165, 1.54) is 0 Å². The van der Waals surface area contributed by atoms with Crippen LogP contribution in [0.15, 0.2) is 66.9 Å². The Bertz CT molecular complexity index is 1150. The molecular weight excluding hydrogens is 438 g/mol. The van der Waals surface area contributed by atoms with Gasteiger partial charge in [-0.05, 0) is 82.0 Å². The van der Waals surface area contributed by atoms with Gasteiger partial charge in [-0.15, -0.1) is 0 Å². The van der Waals surface area contributed by atoms with Gasteiger partial charge in [-0.25, -0.2) is 4.79 Å². The summed E-state index contributed by atoms with van der Waals surface area (Å²) in [7, 11) is 0. The number of hydrogen-bond donors (Lipinski definition) is 1. The third kappa shape index (κ3) is 7.41. The molecule has 2 aromatic carbocycles. The van der Waals surface area contributed by atoms with Gasteiger partial charge >= 0.3 is 6.09 Å². The highest BCUT2D eigenvalue weighted by Gasteiger charge is 2.30. The Morgan fingerprint density at radius 3 is 2.29 bits per heavy atom. The number of nitrogens with zero attached hydrogens (tertiary/aromatic N) is 2.